The van der Waals surface area contributed by atoms with Crippen LogP contribution in [0.5, 0.6) is 0 Å². The Kier molecular flexibility index (Phi) is 4.90. The van der Waals surface area contributed by atoms with Gasteiger partial charge in [0.2, 0.25) is 0 Å². The average molecular weight is 341 g/mol. The third kappa shape index (κ3) is 3.91. The van der Waals surface area contributed by atoms with Crippen LogP contribution in [0.4, 0.5) is 0 Å². The van der Waals surface area contributed by atoms with Gasteiger partial charge in [0.25, 0.3) is 5.91 Å². The van der Waals surface area contributed by atoms with Crippen LogP contribution < -0.4 is 0 Å². The van der Waals surface area contributed by atoms with Crippen molar-refractivity contribution in [1.82, 2.24) is 14.4 Å². The molecule has 1 aliphatic rings. The summed E-state index contributed by atoms with van der Waals surface area (Å²) in [7, 11) is 2.06. The number of piperazine rings is 1. The molecule has 1 saturated heterocycles. The second kappa shape index (κ2) is 7.11. The minimum absolute atomic E-state index is 0.0606. The topological polar surface area (TPSA) is 65.8 Å². The second-order valence-corrected chi connectivity index (χ2v) is 6.60. The number of hydrogen-bond acceptors (Lipinski definition) is 3. The summed E-state index contributed by atoms with van der Waals surface area (Å²) in [6.45, 7) is 5.71. The SMILES string of the molecule is Cc1cc(C(=O)O)cn1Cc1cccc(C(=O)N2CCN(C)CC2)c1. The standard InChI is InChI=1S/C19H23N3O3/c1-14-10-17(19(24)25)13-22(14)12-15-4-3-5-16(11-15)18(23)21-8-6-20(2)7-9-21/h3-5,10-11,13H,6-9,12H2,1-2H3,(H,24,25). The van der Waals surface area contributed by atoms with Crippen LogP contribution in [0.1, 0.15) is 32.0 Å². The lowest BCUT2D eigenvalue weighted by Crippen LogP contribution is -2.47. The fraction of sp³-hybridized carbons (Fsp3) is 0.368. The van der Waals surface area contributed by atoms with E-state index in [2.05, 4.69) is 11.9 Å². The number of rotatable bonds is 4. The van der Waals surface area contributed by atoms with E-state index >= 15 is 0 Å². The van der Waals surface area contributed by atoms with Gasteiger partial charge < -0.3 is 19.5 Å². The van der Waals surface area contributed by atoms with Gasteiger partial charge in [0, 0.05) is 50.2 Å². The predicted octanol–water partition coefficient (Wildman–Crippen LogP) is 1.93. The normalized spacial score (nSPS) is 15.4. The van der Waals surface area contributed by atoms with E-state index in [0.717, 1.165) is 37.4 Å². The second-order valence-electron chi connectivity index (χ2n) is 6.60. The Balaban J connectivity index is 1.75. The van der Waals surface area contributed by atoms with Crippen LogP contribution in [-0.4, -0.2) is 64.6 Å². The molecule has 1 N–H and O–H groups in total. The van der Waals surface area contributed by atoms with E-state index in [1.54, 1.807) is 12.3 Å². The van der Waals surface area contributed by atoms with Gasteiger partial charge in [0.15, 0.2) is 0 Å². The quantitative estimate of drug-likeness (QED) is 0.923. The van der Waals surface area contributed by atoms with E-state index in [4.69, 9.17) is 5.11 Å². The number of carboxylic acids is 1. The Hall–Kier alpha value is -2.60. The number of likely N-dealkylation sites (N-methyl/N-ethyl adjacent to an activating group) is 1. The molecule has 1 aromatic heterocycles. The van der Waals surface area contributed by atoms with Gasteiger partial charge >= 0.3 is 5.97 Å². The lowest BCUT2D eigenvalue weighted by Gasteiger charge is -2.32. The number of aromatic nitrogens is 1. The molecule has 0 unspecified atom stereocenters. The summed E-state index contributed by atoms with van der Waals surface area (Å²) in [5, 5.41) is 9.10. The van der Waals surface area contributed by atoms with E-state index in [1.165, 1.54) is 0 Å². The maximum Gasteiger partial charge on any atom is 0.337 e. The maximum absolute atomic E-state index is 12.7. The predicted molar refractivity (Wildman–Crippen MR) is 95.1 cm³/mol. The summed E-state index contributed by atoms with van der Waals surface area (Å²) in [5.74, 6) is -0.869. The van der Waals surface area contributed by atoms with E-state index in [0.29, 0.717) is 12.1 Å². The first-order valence-corrected chi connectivity index (χ1v) is 8.41. The Labute approximate surface area is 147 Å². The summed E-state index contributed by atoms with van der Waals surface area (Å²) in [6, 6.07) is 9.24. The van der Waals surface area contributed by atoms with Crippen molar-refractivity contribution in [2.75, 3.05) is 33.2 Å². The fourth-order valence-corrected chi connectivity index (χ4v) is 3.09. The molecule has 2 heterocycles. The van der Waals surface area contributed by atoms with E-state index < -0.39 is 5.97 Å². The van der Waals surface area contributed by atoms with Crippen LogP contribution in [0.2, 0.25) is 0 Å². The zero-order valence-corrected chi connectivity index (χ0v) is 14.6. The summed E-state index contributed by atoms with van der Waals surface area (Å²) in [6.07, 6.45) is 1.63. The summed E-state index contributed by atoms with van der Waals surface area (Å²) >= 11 is 0. The molecule has 0 bridgehead atoms. The highest BCUT2D eigenvalue weighted by Crippen LogP contribution is 2.14. The van der Waals surface area contributed by atoms with Gasteiger partial charge in [-0.05, 0) is 37.7 Å². The molecule has 0 aliphatic carbocycles. The minimum Gasteiger partial charge on any atom is -0.478 e. The molecular weight excluding hydrogens is 318 g/mol. The molecule has 1 aliphatic heterocycles. The van der Waals surface area contributed by atoms with E-state index in [-0.39, 0.29) is 11.5 Å². The highest BCUT2D eigenvalue weighted by Gasteiger charge is 2.20. The Morgan fingerprint density at radius 3 is 2.44 bits per heavy atom. The summed E-state index contributed by atoms with van der Waals surface area (Å²) in [5.41, 5.74) is 2.83. The lowest BCUT2D eigenvalue weighted by atomic mass is 10.1. The fourth-order valence-electron chi connectivity index (χ4n) is 3.09. The number of carboxylic acid groups (broad SMARTS) is 1. The number of aryl methyl sites for hydroxylation is 1. The van der Waals surface area contributed by atoms with Crippen molar-refractivity contribution in [1.29, 1.82) is 0 Å². The highest BCUT2D eigenvalue weighted by molar-refractivity contribution is 5.94. The number of carbonyl (C=O) groups excluding carboxylic acids is 1. The molecule has 6 heteroatoms. The third-order valence-electron chi connectivity index (χ3n) is 4.68. The van der Waals surface area contributed by atoms with Gasteiger partial charge in [-0.15, -0.1) is 0 Å². The van der Waals surface area contributed by atoms with Gasteiger partial charge in [0.1, 0.15) is 0 Å². The zero-order valence-electron chi connectivity index (χ0n) is 14.6. The number of carbonyl (C=O) groups is 2. The first-order valence-electron chi connectivity index (χ1n) is 8.41. The van der Waals surface area contributed by atoms with Crippen LogP contribution >= 0.6 is 0 Å². The van der Waals surface area contributed by atoms with Crippen molar-refractivity contribution in [2.45, 2.75) is 13.5 Å². The van der Waals surface area contributed by atoms with Crippen LogP contribution in [0, 0.1) is 6.92 Å². The molecule has 25 heavy (non-hydrogen) atoms. The first kappa shape index (κ1) is 17.2. The average Bonchev–Trinajstić information content (AvgIpc) is 2.96. The maximum atomic E-state index is 12.7. The Bertz CT molecular complexity index is 789. The number of aromatic carboxylic acids is 1. The van der Waals surface area contributed by atoms with Crippen molar-refractivity contribution in [3.8, 4) is 0 Å². The van der Waals surface area contributed by atoms with Crippen molar-refractivity contribution < 1.29 is 14.7 Å². The minimum atomic E-state index is -0.930. The van der Waals surface area contributed by atoms with Gasteiger partial charge in [-0.2, -0.15) is 0 Å². The third-order valence-corrected chi connectivity index (χ3v) is 4.68. The van der Waals surface area contributed by atoms with Crippen molar-refractivity contribution >= 4 is 11.9 Å². The van der Waals surface area contributed by atoms with Gasteiger partial charge in [-0.3, -0.25) is 4.79 Å². The highest BCUT2D eigenvalue weighted by atomic mass is 16.4. The van der Waals surface area contributed by atoms with Crippen LogP contribution in [0.3, 0.4) is 0 Å². The molecule has 0 radical (unpaired) electrons. The van der Waals surface area contributed by atoms with Gasteiger partial charge in [0.05, 0.1) is 5.56 Å². The molecular formula is C19H23N3O3. The number of amides is 1. The van der Waals surface area contributed by atoms with Crippen LogP contribution in [-0.2, 0) is 6.54 Å². The molecule has 1 amide bonds. The monoisotopic (exact) mass is 341 g/mol. The van der Waals surface area contributed by atoms with Gasteiger partial charge in [-0.1, -0.05) is 12.1 Å². The van der Waals surface area contributed by atoms with E-state index in [9.17, 15) is 9.59 Å². The zero-order chi connectivity index (χ0) is 18.0. The van der Waals surface area contributed by atoms with Crippen molar-refractivity contribution in [2.24, 2.45) is 0 Å². The van der Waals surface area contributed by atoms with E-state index in [1.807, 2.05) is 40.7 Å². The molecule has 1 fully saturated rings. The molecule has 0 spiro atoms. The van der Waals surface area contributed by atoms with Gasteiger partial charge in [-0.25, -0.2) is 4.79 Å². The molecule has 1 aromatic carbocycles. The number of hydrogen-bond donors (Lipinski definition) is 1. The molecule has 132 valence electrons. The summed E-state index contributed by atoms with van der Waals surface area (Å²) in [4.78, 5) is 27.9. The van der Waals surface area contributed by atoms with Crippen molar-refractivity contribution in [3.63, 3.8) is 0 Å². The molecule has 0 atom stereocenters. The lowest BCUT2D eigenvalue weighted by molar-refractivity contribution is 0.0662. The largest absolute Gasteiger partial charge is 0.478 e. The smallest absolute Gasteiger partial charge is 0.337 e. The number of benzene rings is 1. The molecule has 2 aromatic rings. The van der Waals surface area contributed by atoms with Crippen molar-refractivity contribution in [3.05, 3.63) is 58.9 Å². The molecule has 3 rings (SSSR count). The number of nitrogens with zero attached hydrogens (tertiary/aromatic N) is 3. The van der Waals surface area contributed by atoms with Crippen LogP contribution in [0.25, 0.3) is 0 Å². The Morgan fingerprint density at radius 2 is 1.80 bits per heavy atom. The molecule has 0 saturated carbocycles. The van der Waals surface area contributed by atoms with Crippen LogP contribution in [0.15, 0.2) is 36.5 Å². The first-order chi connectivity index (χ1) is 11.9. The summed E-state index contributed by atoms with van der Waals surface area (Å²) < 4.78 is 1.89. The molecule has 6 nitrogen and oxygen atoms in total. The Morgan fingerprint density at radius 1 is 1.08 bits per heavy atom.